The zero-order valence-corrected chi connectivity index (χ0v) is 25.7. The molecule has 1 aliphatic heterocycles. The number of nitrogens with one attached hydrogen (secondary N) is 2. The number of benzene rings is 3. The smallest absolute Gasteiger partial charge is 0.416 e. The van der Waals surface area contributed by atoms with E-state index in [1.165, 1.54) is 30.2 Å². The van der Waals surface area contributed by atoms with Crippen molar-refractivity contribution in [3.8, 4) is 11.5 Å². The van der Waals surface area contributed by atoms with Crippen LogP contribution in [-0.4, -0.2) is 83.3 Å². The Kier molecular flexibility index (Phi) is 8.99. The van der Waals surface area contributed by atoms with Crippen molar-refractivity contribution < 1.29 is 47.2 Å². The number of fused-ring (bicyclic) bond motifs is 4. The summed E-state index contributed by atoms with van der Waals surface area (Å²) >= 11 is 0. The molecule has 48 heavy (non-hydrogen) atoms. The van der Waals surface area contributed by atoms with E-state index in [2.05, 4.69) is 10.3 Å². The molecule has 3 aromatic carbocycles. The second-order valence-corrected chi connectivity index (χ2v) is 11.6. The number of aliphatic hydroxyl groups is 2. The van der Waals surface area contributed by atoms with Gasteiger partial charge < -0.3 is 34.9 Å². The van der Waals surface area contributed by atoms with Gasteiger partial charge in [-0.25, -0.2) is 0 Å². The first-order chi connectivity index (χ1) is 23.0. The summed E-state index contributed by atoms with van der Waals surface area (Å²) < 4.78 is 51.7. The molecule has 0 unspecified atom stereocenters. The first-order valence-electron chi connectivity index (χ1n) is 15.2. The zero-order chi connectivity index (χ0) is 34.2. The third-order valence-corrected chi connectivity index (χ3v) is 8.70. The Morgan fingerprint density at radius 3 is 2.52 bits per heavy atom. The van der Waals surface area contributed by atoms with E-state index >= 15 is 0 Å². The topological polar surface area (TPSA) is 141 Å². The predicted molar refractivity (Wildman–Crippen MR) is 168 cm³/mol. The van der Waals surface area contributed by atoms with Gasteiger partial charge in [0.15, 0.2) is 11.5 Å². The fourth-order valence-electron chi connectivity index (χ4n) is 6.42. The summed E-state index contributed by atoms with van der Waals surface area (Å²) in [6.45, 7) is -0.432. The summed E-state index contributed by atoms with van der Waals surface area (Å²) in [7, 11) is 1.38. The molecule has 250 valence electrons. The van der Waals surface area contributed by atoms with Gasteiger partial charge in [0.05, 0.1) is 31.2 Å². The maximum atomic E-state index is 14.1. The number of methoxy groups -OCH3 is 1. The number of hydrogen-bond acceptors (Lipinski definition) is 7. The van der Waals surface area contributed by atoms with Crippen LogP contribution >= 0.6 is 0 Å². The number of hydrogen-bond donors (Lipinski definition) is 4. The number of aromatic amines is 1. The third kappa shape index (κ3) is 6.14. The van der Waals surface area contributed by atoms with Crippen molar-refractivity contribution in [3.05, 3.63) is 106 Å². The van der Waals surface area contributed by atoms with Crippen LogP contribution in [0.2, 0.25) is 0 Å². The first-order valence-corrected chi connectivity index (χ1v) is 15.2. The number of carbonyl (C=O) groups is 3. The number of aldehydes is 1. The zero-order valence-electron chi connectivity index (χ0n) is 25.7. The number of carbonyl (C=O) groups excluding carboxylic acids is 3. The largest absolute Gasteiger partial charge is 0.493 e. The van der Waals surface area contributed by atoms with Crippen LogP contribution in [0.3, 0.4) is 0 Å². The average molecular weight is 664 g/mol. The van der Waals surface area contributed by atoms with E-state index in [0.717, 1.165) is 40.9 Å². The number of aromatic nitrogens is 1. The molecular weight excluding hydrogens is 631 g/mol. The van der Waals surface area contributed by atoms with Crippen LogP contribution in [0, 0.1) is 0 Å². The maximum absolute atomic E-state index is 14.1. The number of ether oxygens (including phenoxy) is 2. The Morgan fingerprint density at radius 2 is 1.85 bits per heavy atom. The van der Waals surface area contributed by atoms with Gasteiger partial charge in [-0.15, -0.1) is 0 Å². The molecule has 0 bridgehead atoms. The molecule has 2 heterocycles. The predicted octanol–water partition coefficient (Wildman–Crippen LogP) is 4.02. The lowest BCUT2D eigenvalue weighted by Crippen LogP contribution is -2.56. The lowest BCUT2D eigenvalue weighted by molar-refractivity contribution is -0.137. The number of nitrogens with zero attached hydrogens (tertiary/aromatic N) is 1. The molecule has 1 aliphatic carbocycles. The fourth-order valence-corrected chi connectivity index (χ4v) is 6.42. The van der Waals surface area contributed by atoms with Crippen LogP contribution in [-0.2, 0) is 17.4 Å². The molecule has 4 aromatic rings. The number of para-hydroxylation sites is 1. The van der Waals surface area contributed by atoms with Crippen molar-refractivity contribution in [3.63, 3.8) is 0 Å². The molecule has 10 nitrogen and oxygen atoms in total. The monoisotopic (exact) mass is 663 g/mol. The van der Waals surface area contributed by atoms with Gasteiger partial charge in [-0.2, -0.15) is 13.2 Å². The van der Waals surface area contributed by atoms with E-state index in [1.54, 1.807) is 0 Å². The van der Waals surface area contributed by atoms with Crippen LogP contribution in [0.25, 0.3) is 10.9 Å². The van der Waals surface area contributed by atoms with E-state index in [0.29, 0.717) is 11.8 Å². The highest BCUT2D eigenvalue weighted by molar-refractivity contribution is 5.98. The summed E-state index contributed by atoms with van der Waals surface area (Å²) in [5, 5.41) is 24.9. The molecule has 4 atom stereocenters. The molecule has 2 aliphatic rings. The minimum atomic E-state index is -4.61. The van der Waals surface area contributed by atoms with Crippen LogP contribution in [0.4, 0.5) is 13.2 Å². The highest BCUT2D eigenvalue weighted by Crippen LogP contribution is 2.51. The first kappa shape index (κ1) is 32.8. The molecule has 4 N–H and O–H groups in total. The second kappa shape index (κ2) is 13.2. The highest BCUT2D eigenvalue weighted by atomic mass is 19.4. The minimum Gasteiger partial charge on any atom is -0.493 e. The number of aliphatic hydroxyl groups excluding tert-OH is 2. The number of rotatable bonds is 10. The standard InChI is InChI=1S/C35H32F3N3O7/c1-47-28-15-19(18-43)14-24-29-25(33(45)39-11-13-42)17-27(30(44)32(29)48-31(24)28)41(12-10-23-16-21-4-2-3-5-26(21)40-23)34(46)20-6-8-22(9-7-20)35(36,37)38/h2-9,14-18,27,29-30,32,40,42,44H,10-13H2,1H3,(H,39,45)/t27-,29+,30+,32+/m1/s1. The Morgan fingerprint density at radius 1 is 1.10 bits per heavy atom. The Labute approximate surface area is 272 Å². The SMILES string of the molecule is COc1cc(C=O)cc2c1O[C@@H]1[C@@H](O)[C@H](N(CCc3cc4ccccc4[nH]3)C(=O)c3ccc(C(F)(F)F)cc3)C=C(C(=O)NCCO)[C@H]21. The van der Waals surface area contributed by atoms with Crippen molar-refractivity contribution in [1.29, 1.82) is 0 Å². The van der Waals surface area contributed by atoms with Gasteiger partial charge in [0, 0.05) is 53.0 Å². The van der Waals surface area contributed by atoms with Gasteiger partial charge in [-0.05, 0) is 60.0 Å². The molecule has 0 spiro atoms. The second-order valence-electron chi connectivity index (χ2n) is 11.6. The maximum Gasteiger partial charge on any atom is 0.416 e. The number of halogens is 3. The Balaban J connectivity index is 1.43. The van der Waals surface area contributed by atoms with Gasteiger partial charge in [0.25, 0.3) is 5.91 Å². The van der Waals surface area contributed by atoms with E-state index in [1.807, 2.05) is 30.3 Å². The summed E-state index contributed by atoms with van der Waals surface area (Å²) in [5.41, 5.74) is 1.45. The summed E-state index contributed by atoms with van der Waals surface area (Å²) in [4.78, 5) is 44.1. The van der Waals surface area contributed by atoms with Gasteiger partial charge in [0.2, 0.25) is 5.91 Å². The normalized spacial score (nSPS) is 19.9. The van der Waals surface area contributed by atoms with Crippen molar-refractivity contribution in [2.75, 3.05) is 26.8 Å². The van der Waals surface area contributed by atoms with Gasteiger partial charge in [-0.1, -0.05) is 18.2 Å². The molecule has 6 rings (SSSR count). The van der Waals surface area contributed by atoms with Gasteiger partial charge in [0.1, 0.15) is 18.5 Å². The summed E-state index contributed by atoms with van der Waals surface area (Å²) in [5.74, 6) is -1.72. The van der Waals surface area contributed by atoms with Crippen LogP contribution in [0.1, 0.15) is 43.5 Å². The van der Waals surface area contributed by atoms with Crippen molar-refractivity contribution in [2.45, 2.75) is 36.8 Å². The van der Waals surface area contributed by atoms with Crippen molar-refractivity contribution >= 4 is 29.0 Å². The number of alkyl halides is 3. The van der Waals surface area contributed by atoms with E-state index in [-0.39, 0.29) is 54.3 Å². The average Bonchev–Trinajstić information content (AvgIpc) is 3.69. The van der Waals surface area contributed by atoms with E-state index in [9.17, 15) is 37.8 Å². The molecule has 1 aromatic heterocycles. The molecule has 0 radical (unpaired) electrons. The van der Waals surface area contributed by atoms with Gasteiger partial charge in [-0.3, -0.25) is 14.4 Å². The van der Waals surface area contributed by atoms with Crippen LogP contribution < -0.4 is 14.8 Å². The number of amides is 2. The molecule has 2 amide bonds. The summed E-state index contributed by atoms with van der Waals surface area (Å²) in [6.07, 6.45) is -4.81. The quantitative estimate of drug-likeness (QED) is 0.188. The van der Waals surface area contributed by atoms with Crippen molar-refractivity contribution in [2.24, 2.45) is 0 Å². The third-order valence-electron chi connectivity index (χ3n) is 8.70. The fraction of sp³-hybridized carbons (Fsp3) is 0.286. The Hall–Kier alpha value is -5.14. The molecular formula is C35H32F3N3O7. The molecule has 0 saturated heterocycles. The van der Waals surface area contributed by atoms with E-state index in [4.69, 9.17) is 9.47 Å². The Bertz CT molecular complexity index is 1850. The minimum absolute atomic E-state index is 0.000606. The summed E-state index contributed by atoms with van der Waals surface area (Å²) in [6, 6.07) is 15.1. The van der Waals surface area contributed by atoms with E-state index < -0.39 is 47.7 Å². The lowest BCUT2D eigenvalue weighted by atomic mass is 9.77. The molecule has 0 fully saturated rings. The number of H-pyrrole nitrogens is 1. The van der Waals surface area contributed by atoms with Gasteiger partial charge >= 0.3 is 6.18 Å². The van der Waals surface area contributed by atoms with Crippen LogP contribution in [0.15, 0.2) is 78.4 Å². The van der Waals surface area contributed by atoms with Crippen LogP contribution in [0.5, 0.6) is 11.5 Å². The lowest BCUT2D eigenvalue weighted by Gasteiger charge is -2.40. The molecule has 0 saturated carbocycles. The van der Waals surface area contributed by atoms with Crippen molar-refractivity contribution in [1.82, 2.24) is 15.2 Å². The molecule has 13 heteroatoms. The highest BCUT2D eigenvalue weighted by Gasteiger charge is 2.51.